The molecule has 2 saturated heterocycles. The van der Waals surface area contributed by atoms with E-state index in [-0.39, 0.29) is 35.8 Å². The summed E-state index contributed by atoms with van der Waals surface area (Å²) in [6.07, 6.45) is 2.11. The van der Waals surface area contributed by atoms with Gasteiger partial charge in [-0.2, -0.15) is 0 Å². The van der Waals surface area contributed by atoms with Crippen LogP contribution in [0, 0.1) is 12.7 Å². The lowest BCUT2D eigenvalue weighted by Gasteiger charge is -2.38. The molecule has 0 aliphatic carbocycles. The van der Waals surface area contributed by atoms with Gasteiger partial charge in [-0.05, 0) is 51.6 Å². The summed E-state index contributed by atoms with van der Waals surface area (Å²) in [5, 5.41) is 7.04. The fourth-order valence-corrected chi connectivity index (χ4v) is 4.10. The Morgan fingerprint density at radius 1 is 1.21 bits per heavy atom. The van der Waals surface area contributed by atoms with Gasteiger partial charge in [0.05, 0.1) is 5.69 Å². The molecule has 2 aliphatic heterocycles. The molecule has 164 valence electrons. The van der Waals surface area contributed by atoms with E-state index in [1.54, 1.807) is 6.07 Å². The molecule has 2 atom stereocenters. The van der Waals surface area contributed by atoms with Crippen molar-refractivity contribution < 1.29 is 4.39 Å². The van der Waals surface area contributed by atoms with Crippen molar-refractivity contribution in [3.05, 3.63) is 29.6 Å². The van der Waals surface area contributed by atoms with Crippen molar-refractivity contribution in [2.75, 3.05) is 65.3 Å². The second-order valence-electron chi connectivity index (χ2n) is 8.23. The second kappa shape index (κ2) is 11.3. The average molecular weight is 518 g/mol. The van der Waals surface area contributed by atoms with E-state index in [2.05, 4.69) is 44.4 Å². The Kier molecular flexibility index (Phi) is 9.42. The molecule has 2 N–H and O–H groups in total. The topological polar surface area (TPSA) is 46.1 Å². The van der Waals surface area contributed by atoms with Crippen LogP contribution < -0.4 is 15.5 Å². The van der Waals surface area contributed by atoms with Crippen molar-refractivity contribution in [2.24, 2.45) is 4.99 Å². The monoisotopic (exact) mass is 518 g/mol. The van der Waals surface area contributed by atoms with Crippen LogP contribution in [0.15, 0.2) is 23.2 Å². The van der Waals surface area contributed by atoms with E-state index in [0.717, 1.165) is 63.6 Å². The Bertz CT molecular complexity index is 685. The van der Waals surface area contributed by atoms with Crippen LogP contribution >= 0.6 is 24.0 Å². The predicted molar refractivity (Wildman–Crippen MR) is 130 cm³/mol. The standard InChI is InChI=1S/C21H35FN6.HI/c1-16-7-8-19(22)20(12-16)28-9-5-6-17(14-28)25-21(23-2)24-13-18-15-26(3)10-11-27(18)4;/h7-8,12,17-18H,5-6,9-11,13-15H2,1-4H3,(H2,23,24,25);1H. The molecule has 1 aromatic rings. The smallest absolute Gasteiger partial charge is 0.191 e. The van der Waals surface area contributed by atoms with Crippen molar-refractivity contribution >= 4 is 35.6 Å². The van der Waals surface area contributed by atoms with E-state index >= 15 is 0 Å². The van der Waals surface area contributed by atoms with Gasteiger partial charge in [0.15, 0.2) is 5.96 Å². The van der Waals surface area contributed by atoms with Gasteiger partial charge in [0.1, 0.15) is 5.82 Å². The zero-order valence-electron chi connectivity index (χ0n) is 18.1. The van der Waals surface area contributed by atoms with Gasteiger partial charge in [0, 0.05) is 58.4 Å². The number of piperazine rings is 1. The fraction of sp³-hybridized carbons (Fsp3) is 0.667. The first-order chi connectivity index (χ1) is 13.5. The summed E-state index contributed by atoms with van der Waals surface area (Å²) < 4.78 is 14.3. The van der Waals surface area contributed by atoms with Crippen molar-refractivity contribution in [1.82, 2.24) is 20.4 Å². The van der Waals surface area contributed by atoms with Crippen molar-refractivity contribution in [1.29, 1.82) is 0 Å². The lowest BCUT2D eigenvalue weighted by molar-refractivity contribution is 0.116. The number of hydrogen-bond donors (Lipinski definition) is 2. The summed E-state index contributed by atoms with van der Waals surface area (Å²) in [6, 6.07) is 6.07. The maximum absolute atomic E-state index is 14.3. The molecule has 0 spiro atoms. The van der Waals surface area contributed by atoms with E-state index < -0.39 is 0 Å². The van der Waals surface area contributed by atoms with Crippen LogP contribution in [0.5, 0.6) is 0 Å². The van der Waals surface area contributed by atoms with E-state index in [4.69, 9.17) is 0 Å². The summed E-state index contributed by atoms with van der Waals surface area (Å²) >= 11 is 0. The number of nitrogens with zero attached hydrogens (tertiary/aromatic N) is 4. The van der Waals surface area contributed by atoms with Crippen LogP contribution in [0.4, 0.5) is 10.1 Å². The molecule has 1 aromatic carbocycles. The lowest BCUT2D eigenvalue weighted by Crippen LogP contribution is -2.57. The van der Waals surface area contributed by atoms with Gasteiger partial charge in [-0.3, -0.25) is 9.89 Å². The molecule has 2 heterocycles. The molecule has 2 unspecified atom stereocenters. The minimum absolute atomic E-state index is 0. The lowest BCUT2D eigenvalue weighted by atomic mass is 10.0. The predicted octanol–water partition coefficient (Wildman–Crippen LogP) is 2.13. The van der Waals surface area contributed by atoms with E-state index in [9.17, 15) is 4.39 Å². The summed E-state index contributed by atoms with van der Waals surface area (Å²) in [4.78, 5) is 11.3. The third-order valence-electron chi connectivity index (χ3n) is 5.91. The molecular weight excluding hydrogens is 482 g/mol. The highest BCUT2D eigenvalue weighted by molar-refractivity contribution is 14.0. The molecule has 8 heteroatoms. The van der Waals surface area contributed by atoms with Crippen LogP contribution in [0.3, 0.4) is 0 Å². The molecule has 2 aliphatic rings. The van der Waals surface area contributed by atoms with Crippen LogP contribution in [0.2, 0.25) is 0 Å². The van der Waals surface area contributed by atoms with Gasteiger partial charge in [-0.15, -0.1) is 24.0 Å². The molecule has 0 radical (unpaired) electrons. The van der Waals surface area contributed by atoms with Gasteiger partial charge < -0.3 is 20.4 Å². The fourth-order valence-electron chi connectivity index (χ4n) is 4.10. The number of piperidine rings is 1. The molecule has 0 amide bonds. The number of benzene rings is 1. The Morgan fingerprint density at radius 2 is 2.00 bits per heavy atom. The maximum Gasteiger partial charge on any atom is 0.191 e. The van der Waals surface area contributed by atoms with Crippen LogP contribution in [0.1, 0.15) is 18.4 Å². The number of hydrogen-bond acceptors (Lipinski definition) is 4. The quantitative estimate of drug-likeness (QED) is 0.364. The maximum atomic E-state index is 14.3. The normalized spacial score (nSPS) is 24.2. The minimum atomic E-state index is -0.141. The summed E-state index contributed by atoms with van der Waals surface area (Å²) in [5.41, 5.74) is 1.80. The number of halogens is 2. The second-order valence-corrected chi connectivity index (χ2v) is 8.23. The Balaban J connectivity index is 0.00000300. The van der Waals surface area contributed by atoms with Gasteiger partial charge in [0.2, 0.25) is 0 Å². The number of aryl methyl sites for hydroxylation is 1. The summed E-state index contributed by atoms with van der Waals surface area (Å²) in [6.45, 7) is 7.82. The third-order valence-corrected chi connectivity index (χ3v) is 5.91. The van der Waals surface area contributed by atoms with Crippen molar-refractivity contribution in [2.45, 2.75) is 31.8 Å². The number of rotatable bonds is 4. The Labute approximate surface area is 191 Å². The molecule has 2 fully saturated rings. The van der Waals surface area contributed by atoms with Gasteiger partial charge in [0.25, 0.3) is 0 Å². The molecular formula is C21H36FIN6. The minimum Gasteiger partial charge on any atom is -0.367 e. The van der Waals surface area contributed by atoms with E-state index in [1.807, 2.05) is 26.1 Å². The van der Waals surface area contributed by atoms with Crippen LogP contribution in [-0.4, -0.2) is 88.3 Å². The van der Waals surface area contributed by atoms with Crippen molar-refractivity contribution in [3.8, 4) is 0 Å². The number of likely N-dealkylation sites (N-methyl/N-ethyl adjacent to an activating group) is 2. The van der Waals surface area contributed by atoms with Crippen molar-refractivity contribution in [3.63, 3.8) is 0 Å². The zero-order valence-corrected chi connectivity index (χ0v) is 20.4. The molecule has 3 rings (SSSR count). The first kappa shape index (κ1) is 24.1. The molecule has 0 saturated carbocycles. The van der Waals surface area contributed by atoms with Crippen LogP contribution in [0.25, 0.3) is 0 Å². The average Bonchev–Trinajstić information content (AvgIpc) is 2.69. The molecule has 0 aromatic heterocycles. The van der Waals surface area contributed by atoms with Crippen LogP contribution in [-0.2, 0) is 0 Å². The third kappa shape index (κ3) is 6.68. The summed E-state index contributed by atoms with van der Waals surface area (Å²) in [5.74, 6) is 0.691. The highest BCUT2D eigenvalue weighted by Gasteiger charge is 2.25. The SMILES string of the molecule is CN=C(NCC1CN(C)CCN1C)NC1CCCN(c2cc(C)ccc2F)C1.I. The van der Waals surface area contributed by atoms with E-state index in [0.29, 0.717) is 11.7 Å². The Hall–Kier alpha value is -1.13. The first-order valence-corrected chi connectivity index (χ1v) is 10.3. The van der Waals surface area contributed by atoms with Gasteiger partial charge in [-0.25, -0.2) is 4.39 Å². The Morgan fingerprint density at radius 3 is 2.76 bits per heavy atom. The van der Waals surface area contributed by atoms with Gasteiger partial charge in [-0.1, -0.05) is 6.07 Å². The van der Waals surface area contributed by atoms with Gasteiger partial charge >= 0.3 is 0 Å². The molecule has 0 bridgehead atoms. The number of anilines is 1. The van der Waals surface area contributed by atoms with E-state index in [1.165, 1.54) is 0 Å². The number of nitrogens with one attached hydrogen (secondary N) is 2. The largest absolute Gasteiger partial charge is 0.367 e. The highest BCUT2D eigenvalue weighted by Crippen LogP contribution is 2.24. The summed E-state index contributed by atoms with van der Waals surface area (Å²) in [7, 11) is 6.17. The highest BCUT2D eigenvalue weighted by atomic mass is 127. The number of guanidine groups is 1. The first-order valence-electron chi connectivity index (χ1n) is 10.3. The number of aliphatic imine (C=N–C) groups is 1. The molecule has 6 nitrogen and oxygen atoms in total. The molecule has 29 heavy (non-hydrogen) atoms. The zero-order chi connectivity index (χ0) is 20.1.